The number of nitrogens with zero attached hydrogens (tertiary/aromatic N) is 3. The summed E-state index contributed by atoms with van der Waals surface area (Å²) in [5, 5.41) is 0. The van der Waals surface area contributed by atoms with E-state index in [9.17, 15) is 9.59 Å². The Morgan fingerprint density at radius 3 is 2.42 bits per heavy atom. The van der Waals surface area contributed by atoms with Gasteiger partial charge in [-0.15, -0.1) is 0 Å². The molecule has 1 aliphatic rings. The lowest BCUT2D eigenvalue weighted by Gasteiger charge is -2.26. The summed E-state index contributed by atoms with van der Waals surface area (Å²) in [5.41, 5.74) is 2.57. The highest BCUT2D eigenvalue weighted by molar-refractivity contribution is 5.81. The van der Waals surface area contributed by atoms with E-state index in [-0.39, 0.29) is 24.2 Å². The average molecular weight is 424 g/mol. The van der Waals surface area contributed by atoms with Gasteiger partial charge in [-0.2, -0.15) is 0 Å². The normalized spacial score (nSPS) is 16.1. The summed E-state index contributed by atoms with van der Waals surface area (Å²) in [6, 6.07) is 13.4. The highest BCUT2D eigenvalue weighted by atomic mass is 16.5. The zero-order valence-electron chi connectivity index (χ0n) is 18.3. The first-order valence-corrected chi connectivity index (χ1v) is 10.8. The van der Waals surface area contributed by atoms with Gasteiger partial charge in [-0.25, -0.2) is 4.79 Å². The van der Waals surface area contributed by atoms with Crippen LogP contribution in [0.1, 0.15) is 37.8 Å². The van der Waals surface area contributed by atoms with Crippen LogP contribution in [0.4, 0.5) is 0 Å². The number of hydrogen-bond donors (Lipinski definition) is 0. The molecule has 0 unspecified atom stereocenters. The molecule has 1 aromatic heterocycles. The molecule has 0 N–H and O–H groups in total. The van der Waals surface area contributed by atoms with Crippen molar-refractivity contribution in [3.8, 4) is 11.5 Å². The molecule has 7 heteroatoms. The van der Waals surface area contributed by atoms with Gasteiger partial charge in [-0.05, 0) is 49.1 Å². The van der Waals surface area contributed by atoms with E-state index in [2.05, 4.69) is 0 Å². The molecule has 1 amide bonds. The molecule has 1 fully saturated rings. The molecule has 2 heterocycles. The number of carbonyl (C=O) groups excluding carboxylic acids is 1. The number of aromatic nitrogens is 2. The van der Waals surface area contributed by atoms with Gasteiger partial charge in [0.2, 0.25) is 5.91 Å². The predicted molar refractivity (Wildman–Crippen MR) is 120 cm³/mol. The van der Waals surface area contributed by atoms with Crippen molar-refractivity contribution >= 4 is 16.9 Å². The van der Waals surface area contributed by atoms with E-state index in [1.165, 1.54) is 0 Å². The number of aryl methyl sites for hydroxylation is 1. The first-order chi connectivity index (χ1) is 15.1. The molecule has 1 atom stereocenters. The maximum Gasteiger partial charge on any atom is 0.329 e. The standard InChI is InChI=1S/C24H29N3O4/c1-4-13-26-19-8-5-6-9-20(19)27(24(26)29)16-23(28)25-14-7-10-18(25)17-11-12-21(30-2)22(15-17)31-3/h5-6,8-9,11-12,15,18H,4,7,10,13-14,16H2,1-3H3/t18-/m0/s1. The van der Waals surface area contributed by atoms with Crippen LogP contribution in [-0.4, -0.2) is 40.7 Å². The van der Waals surface area contributed by atoms with Gasteiger partial charge >= 0.3 is 5.69 Å². The van der Waals surface area contributed by atoms with Crippen molar-refractivity contribution in [1.82, 2.24) is 14.0 Å². The van der Waals surface area contributed by atoms with Crippen molar-refractivity contribution in [2.24, 2.45) is 0 Å². The number of hydrogen-bond acceptors (Lipinski definition) is 4. The number of para-hydroxylation sites is 2. The Labute approximate surface area is 181 Å². The second-order valence-corrected chi connectivity index (χ2v) is 7.87. The first-order valence-electron chi connectivity index (χ1n) is 10.8. The number of carbonyl (C=O) groups is 1. The van der Waals surface area contributed by atoms with Gasteiger partial charge in [-0.3, -0.25) is 13.9 Å². The maximum atomic E-state index is 13.3. The number of imidazole rings is 1. The fourth-order valence-corrected chi connectivity index (χ4v) is 4.56. The summed E-state index contributed by atoms with van der Waals surface area (Å²) in [6.07, 6.45) is 2.67. The third-order valence-electron chi connectivity index (χ3n) is 6.03. The van der Waals surface area contributed by atoms with E-state index in [0.717, 1.165) is 35.9 Å². The first kappa shape index (κ1) is 21.0. The minimum atomic E-state index is -0.127. The minimum absolute atomic E-state index is 0.0352. The summed E-state index contributed by atoms with van der Waals surface area (Å²) in [6.45, 7) is 3.40. The summed E-state index contributed by atoms with van der Waals surface area (Å²) >= 11 is 0. The fourth-order valence-electron chi connectivity index (χ4n) is 4.56. The van der Waals surface area contributed by atoms with Crippen molar-refractivity contribution in [3.63, 3.8) is 0 Å². The number of ether oxygens (including phenoxy) is 2. The Balaban J connectivity index is 1.63. The quantitative estimate of drug-likeness (QED) is 0.583. The van der Waals surface area contributed by atoms with Crippen molar-refractivity contribution in [1.29, 1.82) is 0 Å². The largest absolute Gasteiger partial charge is 0.493 e. The fraction of sp³-hybridized carbons (Fsp3) is 0.417. The molecule has 3 aromatic rings. The lowest BCUT2D eigenvalue weighted by atomic mass is 10.0. The molecule has 31 heavy (non-hydrogen) atoms. The van der Waals surface area contributed by atoms with Gasteiger partial charge in [0.1, 0.15) is 6.54 Å². The molecule has 7 nitrogen and oxygen atoms in total. The van der Waals surface area contributed by atoms with E-state index in [1.807, 2.05) is 54.3 Å². The molecule has 0 aliphatic carbocycles. The van der Waals surface area contributed by atoms with Gasteiger partial charge in [0.25, 0.3) is 0 Å². The van der Waals surface area contributed by atoms with Gasteiger partial charge < -0.3 is 14.4 Å². The molecule has 1 aliphatic heterocycles. The number of rotatable bonds is 7. The second-order valence-electron chi connectivity index (χ2n) is 7.87. The Hall–Kier alpha value is -3.22. The topological polar surface area (TPSA) is 65.7 Å². The summed E-state index contributed by atoms with van der Waals surface area (Å²) in [4.78, 5) is 28.3. The predicted octanol–water partition coefficient (Wildman–Crippen LogP) is 3.59. The van der Waals surface area contributed by atoms with Crippen molar-refractivity contribution in [3.05, 3.63) is 58.5 Å². The van der Waals surface area contributed by atoms with Gasteiger partial charge in [-0.1, -0.05) is 25.1 Å². The second kappa shape index (κ2) is 8.88. The number of methoxy groups -OCH3 is 2. The SMILES string of the molecule is CCCn1c(=O)n(CC(=O)N2CCC[C@H]2c2ccc(OC)c(OC)c2)c2ccccc21. The van der Waals surface area contributed by atoms with Crippen molar-refractivity contribution in [2.75, 3.05) is 20.8 Å². The lowest BCUT2D eigenvalue weighted by Crippen LogP contribution is -2.36. The van der Waals surface area contributed by atoms with Crippen LogP contribution < -0.4 is 15.2 Å². The third kappa shape index (κ3) is 3.80. The summed E-state index contributed by atoms with van der Waals surface area (Å²) < 4.78 is 14.1. The molecule has 2 aromatic carbocycles. The van der Waals surface area contributed by atoms with E-state index in [0.29, 0.717) is 24.6 Å². The molecule has 1 saturated heterocycles. The average Bonchev–Trinajstić information content (AvgIpc) is 3.38. The molecule has 4 rings (SSSR count). The number of likely N-dealkylation sites (tertiary alicyclic amines) is 1. The Morgan fingerprint density at radius 1 is 1.03 bits per heavy atom. The van der Waals surface area contributed by atoms with Crippen LogP contribution in [0.2, 0.25) is 0 Å². The zero-order chi connectivity index (χ0) is 22.0. The van der Waals surface area contributed by atoms with Gasteiger partial charge in [0.15, 0.2) is 11.5 Å². The van der Waals surface area contributed by atoms with Crippen LogP contribution in [0.25, 0.3) is 11.0 Å². The number of amides is 1. The molecular weight excluding hydrogens is 394 g/mol. The van der Waals surface area contributed by atoms with Crippen LogP contribution >= 0.6 is 0 Å². The Kier molecular flexibility index (Phi) is 6.02. The lowest BCUT2D eigenvalue weighted by molar-refractivity contribution is -0.132. The Bertz CT molecular complexity index is 1150. The zero-order valence-corrected chi connectivity index (χ0v) is 18.3. The van der Waals surface area contributed by atoms with E-state index in [1.54, 1.807) is 23.4 Å². The molecule has 0 bridgehead atoms. The monoisotopic (exact) mass is 423 g/mol. The number of benzene rings is 2. The van der Waals surface area contributed by atoms with Crippen molar-refractivity contribution < 1.29 is 14.3 Å². The molecule has 164 valence electrons. The van der Waals surface area contributed by atoms with Crippen LogP contribution in [0.3, 0.4) is 0 Å². The van der Waals surface area contributed by atoms with E-state index < -0.39 is 0 Å². The minimum Gasteiger partial charge on any atom is -0.493 e. The summed E-state index contributed by atoms with van der Waals surface area (Å²) in [5.74, 6) is 1.27. The van der Waals surface area contributed by atoms with Crippen molar-refractivity contribution in [2.45, 2.75) is 45.3 Å². The van der Waals surface area contributed by atoms with Crippen LogP contribution in [0.15, 0.2) is 47.3 Å². The van der Waals surface area contributed by atoms with Crippen LogP contribution in [-0.2, 0) is 17.9 Å². The maximum absolute atomic E-state index is 13.3. The molecule has 0 radical (unpaired) electrons. The van der Waals surface area contributed by atoms with Crippen LogP contribution in [0, 0.1) is 0 Å². The third-order valence-corrected chi connectivity index (χ3v) is 6.03. The van der Waals surface area contributed by atoms with Gasteiger partial charge in [0.05, 0.1) is 31.3 Å². The van der Waals surface area contributed by atoms with E-state index >= 15 is 0 Å². The summed E-state index contributed by atoms with van der Waals surface area (Å²) in [7, 11) is 3.22. The molecular formula is C24H29N3O4. The molecule has 0 saturated carbocycles. The van der Waals surface area contributed by atoms with E-state index in [4.69, 9.17) is 9.47 Å². The highest BCUT2D eigenvalue weighted by Gasteiger charge is 2.31. The Morgan fingerprint density at radius 2 is 1.74 bits per heavy atom. The van der Waals surface area contributed by atoms with Gasteiger partial charge in [0, 0.05) is 13.1 Å². The molecule has 0 spiro atoms. The highest BCUT2D eigenvalue weighted by Crippen LogP contribution is 2.37. The van der Waals surface area contributed by atoms with Crippen LogP contribution in [0.5, 0.6) is 11.5 Å². The number of fused-ring (bicyclic) bond motifs is 1. The smallest absolute Gasteiger partial charge is 0.329 e.